The molecule has 12 aromatic rings. The quantitative estimate of drug-likeness (QED) is 0.158. The van der Waals surface area contributed by atoms with Crippen molar-refractivity contribution in [2.24, 2.45) is 0 Å². The SMILES string of the molecule is CC1(C)c2ccccc2-c2ccc(N(c3ccc4c(c3)C(c3ccccc3)(c3ccccc3)c3ccccc3-4)c3c(-c4ccc(-c5ccccc5)cc4)ccc4c3oc3ccc5ccccc5c34)cc21. The summed E-state index contributed by atoms with van der Waals surface area (Å²) < 4.78 is 7.34. The number of fused-ring (bicyclic) bond motifs is 11. The van der Waals surface area contributed by atoms with Crippen molar-refractivity contribution < 1.29 is 4.42 Å². The van der Waals surface area contributed by atoms with Gasteiger partial charge in [-0.1, -0.05) is 226 Å². The standard InChI is InChI=1S/C68H47NO/c1-67(2)59-28-16-14-26-54(59)56-37-35-50(42-61(56)67)69(51-36-38-57-55-27-15-17-29-60(55)68(62(57)43-51,48-21-8-4-9-22-48)49-23-10-5-11-24-49)65-53(47-32-30-45(31-33-47)44-18-6-3-7-19-44)39-40-58-64-52-25-13-12-20-46(52)34-41-63(64)70-66(58)65/h3-43H,1-2H3. The first kappa shape index (κ1) is 40.4. The van der Waals surface area contributed by atoms with Gasteiger partial charge in [-0.15, -0.1) is 0 Å². The molecular weight excluding hydrogens is 847 g/mol. The van der Waals surface area contributed by atoms with Crippen LogP contribution in [0.2, 0.25) is 0 Å². The third kappa shape index (κ3) is 5.80. The Balaban J connectivity index is 1.10. The van der Waals surface area contributed by atoms with Crippen LogP contribution in [0.3, 0.4) is 0 Å². The Morgan fingerprint density at radius 2 is 0.871 bits per heavy atom. The molecule has 2 nitrogen and oxygen atoms in total. The molecule has 2 aliphatic carbocycles. The second-order valence-corrected chi connectivity index (χ2v) is 19.5. The molecule has 0 unspecified atom stereocenters. The summed E-state index contributed by atoms with van der Waals surface area (Å²) in [7, 11) is 0. The lowest BCUT2D eigenvalue weighted by atomic mass is 9.67. The fourth-order valence-corrected chi connectivity index (χ4v) is 12.3. The van der Waals surface area contributed by atoms with Crippen molar-refractivity contribution in [1.29, 1.82) is 0 Å². The molecule has 0 atom stereocenters. The second kappa shape index (κ2) is 15.4. The molecule has 0 amide bonds. The van der Waals surface area contributed by atoms with Crippen LogP contribution >= 0.6 is 0 Å². The van der Waals surface area contributed by atoms with Gasteiger partial charge in [-0.2, -0.15) is 0 Å². The molecule has 1 heterocycles. The fraction of sp³-hybridized carbons (Fsp3) is 0.0588. The van der Waals surface area contributed by atoms with Crippen LogP contribution in [0.25, 0.3) is 77.2 Å². The van der Waals surface area contributed by atoms with E-state index < -0.39 is 5.41 Å². The van der Waals surface area contributed by atoms with Crippen LogP contribution in [-0.4, -0.2) is 0 Å². The second-order valence-electron chi connectivity index (χ2n) is 19.5. The molecule has 0 fully saturated rings. The number of hydrogen-bond acceptors (Lipinski definition) is 2. The zero-order valence-electron chi connectivity index (χ0n) is 39.0. The molecule has 0 N–H and O–H groups in total. The minimum Gasteiger partial charge on any atom is -0.454 e. The molecule has 70 heavy (non-hydrogen) atoms. The van der Waals surface area contributed by atoms with Crippen molar-refractivity contribution in [2.45, 2.75) is 24.7 Å². The summed E-state index contributed by atoms with van der Waals surface area (Å²) in [4.78, 5) is 2.51. The molecule has 0 aliphatic heterocycles. The van der Waals surface area contributed by atoms with Crippen LogP contribution in [0.4, 0.5) is 17.1 Å². The first-order valence-corrected chi connectivity index (χ1v) is 24.4. The van der Waals surface area contributed by atoms with Crippen molar-refractivity contribution in [3.63, 3.8) is 0 Å². The summed E-state index contributed by atoms with van der Waals surface area (Å²) in [6, 6.07) is 91.8. The molecule has 0 spiro atoms. The lowest BCUT2D eigenvalue weighted by Gasteiger charge is -2.35. The first-order valence-electron chi connectivity index (χ1n) is 24.4. The number of nitrogens with zero attached hydrogens (tertiary/aromatic N) is 1. The number of anilines is 3. The van der Waals surface area contributed by atoms with E-state index in [4.69, 9.17) is 4.42 Å². The van der Waals surface area contributed by atoms with Gasteiger partial charge in [0.15, 0.2) is 5.58 Å². The van der Waals surface area contributed by atoms with Crippen LogP contribution in [0, 0.1) is 0 Å². The van der Waals surface area contributed by atoms with E-state index in [2.05, 4.69) is 267 Å². The van der Waals surface area contributed by atoms with Crippen LogP contribution in [-0.2, 0) is 10.8 Å². The van der Waals surface area contributed by atoms with Crippen LogP contribution < -0.4 is 4.90 Å². The maximum Gasteiger partial charge on any atom is 0.160 e. The monoisotopic (exact) mass is 893 g/mol. The van der Waals surface area contributed by atoms with Crippen molar-refractivity contribution in [1.82, 2.24) is 0 Å². The van der Waals surface area contributed by atoms with Crippen LogP contribution in [0.15, 0.2) is 253 Å². The maximum atomic E-state index is 7.34. The predicted molar refractivity (Wildman–Crippen MR) is 292 cm³/mol. The highest BCUT2D eigenvalue weighted by Crippen LogP contribution is 2.59. The van der Waals surface area contributed by atoms with Crippen molar-refractivity contribution in [2.75, 3.05) is 4.90 Å². The summed E-state index contributed by atoms with van der Waals surface area (Å²) in [6.45, 7) is 4.74. The molecule has 0 radical (unpaired) electrons. The van der Waals surface area contributed by atoms with Crippen LogP contribution in [0.1, 0.15) is 47.2 Å². The number of furan rings is 1. The van der Waals surface area contributed by atoms with Gasteiger partial charge in [0.05, 0.1) is 11.1 Å². The van der Waals surface area contributed by atoms with Gasteiger partial charge in [0.2, 0.25) is 0 Å². The Hall–Kier alpha value is -8.72. The molecule has 330 valence electrons. The molecule has 2 heteroatoms. The van der Waals surface area contributed by atoms with E-state index in [-0.39, 0.29) is 5.41 Å². The molecule has 0 saturated carbocycles. The molecule has 14 rings (SSSR count). The Labute approximate surface area is 408 Å². The average molecular weight is 894 g/mol. The predicted octanol–water partition coefficient (Wildman–Crippen LogP) is 18.2. The lowest BCUT2D eigenvalue weighted by molar-refractivity contribution is 0.660. The zero-order valence-corrected chi connectivity index (χ0v) is 39.0. The van der Waals surface area contributed by atoms with E-state index >= 15 is 0 Å². The zero-order chi connectivity index (χ0) is 46.6. The van der Waals surface area contributed by atoms with Gasteiger partial charge in [-0.25, -0.2) is 0 Å². The van der Waals surface area contributed by atoms with E-state index in [9.17, 15) is 0 Å². The van der Waals surface area contributed by atoms with Gasteiger partial charge in [0.1, 0.15) is 5.58 Å². The van der Waals surface area contributed by atoms with Gasteiger partial charge in [0, 0.05) is 33.1 Å². The van der Waals surface area contributed by atoms with Gasteiger partial charge in [-0.05, 0) is 119 Å². The highest BCUT2D eigenvalue weighted by Gasteiger charge is 2.46. The van der Waals surface area contributed by atoms with Crippen molar-refractivity contribution in [3.05, 3.63) is 282 Å². The summed E-state index contributed by atoms with van der Waals surface area (Å²) in [5, 5.41) is 4.58. The molecule has 0 bridgehead atoms. The summed E-state index contributed by atoms with van der Waals surface area (Å²) in [6.07, 6.45) is 0. The number of rotatable bonds is 7. The molecule has 0 saturated heterocycles. The third-order valence-corrected chi connectivity index (χ3v) is 15.6. The Bertz CT molecular complexity index is 3970. The van der Waals surface area contributed by atoms with E-state index in [1.807, 2.05) is 0 Å². The smallest absolute Gasteiger partial charge is 0.160 e. The summed E-state index contributed by atoms with van der Waals surface area (Å²) in [5.74, 6) is 0. The molecular formula is C68H47NO. The Morgan fingerprint density at radius 3 is 1.57 bits per heavy atom. The first-order chi connectivity index (χ1) is 34.5. The van der Waals surface area contributed by atoms with E-state index in [1.165, 1.54) is 77.5 Å². The highest BCUT2D eigenvalue weighted by atomic mass is 16.3. The van der Waals surface area contributed by atoms with Crippen LogP contribution in [0.5, 0.6) is 0 Å². The molecule has 1 aromatic heterocycles. The van der Waals surface area contributed by atoms with Gasteiger partial charge in [-0.3, -0.25) is 0 Å². The minimum atomic E-state index is -0.585. The largest absolute Gasteiger partial charge is 0.454 e. The molecule has 2 aliphatic rings. The third-order valence-electron chi connectivity index (χ3n) is 15.6. The van der Waals surface area contributed by atoms with Gasteiger partial charge in [0.25, 0.3) is 0 Å². The van der Waals surface area contributed by atoms with Crippen molar-refractivity contribution >= 4 is 49.8 Å². The van der Waals surface area contributed by atoms with E-state index in [0.717, 1.165) is 50.1 Å². The van der Waals surface area contributed by atoms with E-state index in [0.29, 0.717) is 0 Å². The van der Waals surface area contributed by atoms with Crippen molar-refractivity contribution in [3.8, 4) is 44.5 Å². The number of benzene rings is 11. The average Bonchev–Trinajstić information content (AvgIpc) is 4.03. The topological polar surface area (TPSA) is 16.4 Å². The minimum absolute atomic E-state index is 0.219. The lowest BCUT2D eigenvalue weighted by Crippen LogP contribution is -2.28. The highest BCUT2D eigenvalue weighted by molar-refractivity contribution is 6.22. The maximum absolute atomic E-state index is 7.34. The Kier molecular flexibility index (Phi) is 8.88. The summed E-state index contributed by atoms with van der Waals surface area (Å²) in [5.41, 5.74) is 21.3. The van der Waals surface area contributed by atoms with Gasteiger partial charge >= 0.3 is 0 Å². The normalized spacial score (nSPS) is 13.8. The van der Waals surface area contributed by atoms with Gasteiger partial charge < -0.3 is 9.32 Å². The van der Waals surface area contributed by atoms with E-state index in [1.54, 1.807) is 0 Å². The number of hydrogen-bond donors (Lipinski definition) is 0. The molecule has 11 aromatic carbocycles. The Morgan fingerprint density at radius 1 is 0.357 bits per heavy atom. The summed E-state index contributed by atoms with van der Waals surface area (Å²) >= 11 is 0. The fourth-order valence-electron chi connectivity index (χ4n) is 12.3.